The summed E-state index contributed by atoms with van der Waals surface area (Å²) in [5.74, 6) is 0.308. The number of nitrogens with one attached hydrogen (secondary N) is 2. The van der Waals surface area contributed by atoms with Gasteiger partial charge in [-0.1, -0.05) is 29.3 Å². The fourth-order valence-electron chi connectivity index (χ4n) is 2.27. The lowest BCUT2D eigenvalue weighted by atomic mass is 10.1. The number of benzene rings is 1. The molecule has 1 aromatic carbocycles. The van der Waals surface area contributed by atoms with E-state index in [-0.39, 0.29) is 5.91 Å². The highest BCUT2D eigenvalue weighted by atomic mass is 35.5. The maximum Gasteiger partial charge on any atom is 0.254 e. The van der Waals surface area contributed by atoms with Gasteiger partial charge in [-0.3, -0.25) is 4.79 Å². The zero-order valence-electron chi connectivity index (χ0n) is 14.9. The molecule has 2 aromatic rings. The van der Waals surface area contributed by atoms with Crippen molar-refractivity contribution in [1.82, 2.24) is 20.2 Å². The summed E-state index contributed by atoms with van der Waals surface area (Å²) in [6, 6.07) is 5.33. The van der Waals surface area contributed by atoms with Gasteiger partial charge in [0.2, 0.25) is 5.95 Å². The Balaban J connectivity index is 1.76. The Bertz CT molecular complexity index is 722. The van der Waals surface area contributed by atoms with E-state index in [1.54, 1.807) is 12.1 Å². The minimum Gasteiger partial charge on any atom is -0.354 e. The molecule has 2 N–H and O–H groups in total. The van der Waals surface area contributed by atoms with E-state index < -0.39 is 0 Å². The molecule has 0 unspecified atom stereocenters. The maximum absolute atomic E-state index is 12.1. The van der Waals surface area contributed by atoms with Crippen LogP contribution in [0.4, 0.5) is 5.95 Å². The van der Waals surface area contributed by atoms with E-state index in [1.807, 2.05) is 20.2 Å². The molecule has 1 amide bonds. The summed E-state index contributed by atoms with van der Waals surface area (Å²) in [6.07, 6.45) is 4.65. The van der Waals surface area contributed by atoms with Gasteiger partial charge >= 0.3 is 0 Å². The number of amides is 1. The van der Waals surface area contributed by atoms with Crippen LogP contribution in [0, 0.1) is 0 Å². The Morgan fingerprint density at radius 1 is 1.15 bits per heavy atom. The number of aromatic nitrogens is 2. The van der Waals surface area contributed by atoms with Gasteiger partial charge in [0.1, 0.15) is 0 Å². The lowest BCUT2D eigenvalue weighted by Gasteiger charge is -2.10. The van der Waals surface area contributed by atoms with E-state index in [2.05, 4.69) is 25.5 Å². The third-order valence-corrected chi connectivity index (χ3v) is 4.26. The molecule has 0 aliphatic rings. The van der Waals surface area contributed by atoms with Crippen LogP contribution in [0.15, 0.2) is 30.6 Å². The van der Waals surface area contributed by atoms with Crippen molar-refractivity contribution < 1.29 is 4.79 Å². The molecule has 0 fully saturated rings. The first-order valence-corrected chi connectivity index (χ1v) is 9.14. The summed E-state index contributed by atoms with van der Waals surface area (Å²) in [5, 5.41) is 7.16. The van der Waals surface area contributed by atoms with Gasteiger partial charge in [0.05, 0.1) is 5.56 Å². The highest BCUT2D eigenvalue weighted by Gasteiger charge is 2.08. The molecule has 0 bridgehead atoms. The molecule has 8 heteroatoms. The Hall–Kier alpha value is -1.89. The largest absolute Gasteiger partial charge is 0.354 e. The summed E-state index contributed by atoms with van der Waals surface area (Å²) >= 11 is 12.0. The highest BCUT2D eigenvalue weighted by Crippen LogP contribution is 2.21. The van der Waals surface area contributed by atoms with E-state index >= 15 is 0 Å². The topological polar surface area (TPSA) is 70.2 Å². The van der Waals surface area contributed by atoms with Gasteiger partial charge in [-0.2, -0.15) is 0 Å². The van der Waals surface area contributed by atoms with Crippen molar-refractivity contribution >= 4 is 35.1 Å². The molecular weight excluding hydrogens is 373 g/mol. The summed E-state index contributed by atoms with van der Waals surface area (Å²) in [4.78, 5) is 22.6. The fraction of sp³-hybridized carbons (Fsp3) is 0.389. The normalized spacial score (nSPS) is 10.8. The molecule has 0 saturated heterocycles. The van der Waals surface area contributed by atoms with Crippen LogP contribution >= 0.6 is 23.2 Å². The SMILES string of the molecule is CN(C)CCCNc1ncc(C(=O)NCCc2ccc(Cl)cc2Cl)cn1. The van der Waals surface area contributed by atoms with Gasteiger partial charge in [0.15, 0.2) is 0 Å². The van der Waals surface area contributed by atoms with Crippen molar-refractivity contribution in [3.8, 4) is 0 Å². The van der Waals surface area contributed by atoms with E-state index in [0.29, 0.717) is 34.5 Å². The summed E-state index contributed by atoms with van der Waals surface area (Å²) in [5.41, 5.74) is 1.36. The standard InChI is InChI=1S/C18H23Cl2N5O/c1-25(2)9-3-7-22-18-23-11-14(12-24-18)17(26)21-8-6-13-4-5-15(19)10-16(13)20/h4-5,10-12H,3,6-9H2,1-2H3,(H,21,26)(H,22,23,24). The van der Waals surface area contributed by atoms with Gasteiger partial charge in [-0.15, -0.1) is 0 Å². The Labute approximate surface area is 163 Å². The number of hydrogen-bond donors (Lipinski definition) is 2. The highest BCUT2D eigenvalue weighted by molar-refractivity contribution is 6.35. The van der Waals surface area contributed by atoms with Crippen LogP contribution in [0.25, 0.3) is 0 Å². The number of nitrogens with zero attached hydrogens (tertiary/aromatic N) is 3. The van der Waals surface area contributed by atoms with Crippen molar-refractivity contribution in [2.45, 2.75) is 12.8 Å². The third-order valence-electron chi connectivity index (χ3n) is 3.67. The van der Waals surface area contributed by atoms with Crippen molar-refractivity contribution in [2.75, 3.05) is 39.0 Å². The first-order valence-electron chi connectivity index (χ1n) is 8.38. The molecule has 0 atom stereocenters. The smallest absolute Gasteiger partial charge is 0.254 e. The molecule has 0 saturated carbocycles. The van der Waals surface area contributed by atoms with Gasteiger partial charge in [-0.05, 0) is 51.2 Å². The number of hydrogen-bond acceptors (Lipinski definition) is 5. The van der Waals surface area contributed by atoms with Crippen molar-refractivity contribution in [2.24, 2.45) is 0 Å². The van der Waals surface area contributed by atoms with Crippen LogP contribution < -0.4 is 10.6 Å². The van der Waals surface area contributed by atoms with Crippen LogP contribution in [0.1, 0.15) is 22.3 Å². The first kappa shape index (κ1) is 20.4. The molecule has 140 valence electrons. The minimum atomic E-state index is -0.214. The van der Waals surface area contributed by atoms with Crippen molar-refractivity contribution in [3.05, 3.63) is 51.8 Å². The van der Waals surface area contributed by atoms with Crippen LogP contribution in [0.3, 0.4) is 0 Å². The molecule has 1 heterocycles. The molecule has 0 aliphatic heterocycles. The second-order valence-electron chi connectivity index (χ2n) is 6.12. The Morgan fingerprint density at radius 2 is 1.88 bits per heavy atom. The number of anilines is 1. The minimum absolute atomic E-state index is 0.214. The molecule has 0 spiro atoms. The number of carbonyl (C=O) groups excluding carboxylic acids is 1. The van der Waals surface area contributed by atoms with Crippen molar-refractivity contribution in [3.63, 3.8) is 0 Å². The van der Waals surface area contributed by atoms with E-state index in [0.717, 1.165) is 25.1 Å². The number of halogens is 2. The van der Waals surface area contributed by atoms with Gasteiger partial charge in [-0.25, -0.2) is 9.97 Å². The molecule has 2 rings (SSSR count). The Kier molecular flexibility index (Phi) is 8.09. The fourth-order valence-corrected chi connectivity index (χ4v) is 2.77. The monoisotopic (exact) mass is 395 g/mol. The number of carbonyl (C=O) groups is 1. The molecular formula is C18H23Cl2N5O. The van der Waals surface area contributed by atoms with E-state index in [1.165, 1.54) is 12.4 Å². The molecule has 6 nitrogen and oxygen atoms in total. The quantitative estimate of drug-likeness (QED) is 0.638. The maximum atomic E-state index is 12.1. The molecule has 0 aliphatic carbocycles. The third kappa shape index (κ3) is 6.78. The predicted octanol–water partition coefficient (Wildman–Crippen LogP) is 3.12. The van der Waals surface area contributed by atoms with Crippen molar-refractivity contribution in [1.29, 1.82) is 0 Å². The second-order valence-corrected chi connectivity index (χ2v) is 6.96. The zero-order valence-corrected chi connectivity index (χ0v) is 16.4. The lowest BCUT2D eigenvalue weighted by Crippen LogP contribution is -2.26. The second kappa shape index (κ2) is 10.3. The summed E-state index contributed by atoms with van der Waals surface area (Å²) in [7, 11) is 4.07. The van der Waals surface area contributed by atoms with Crippen LogP contribution in [-0.2, 0) is 6.42 Å². The summed E-state index contributed by atoms with van der Waals surface area (Å²) in [6.45, 7) is 2.24. The molecule has 26 heavy (non-hydrogen) atoms. The average molecular weight is 396 g/mol. The van der Waals surface area contributed by atoms with Crippen LogP contribution in [0.5, 0.6) is 0 Å². The van der Waals surface area contributed by atoms with Crippen LogP contribution in [-0.4, -0.2) is 54.5 Å². The molecule has 1 aromatic heterocycles. The van der Waals surface area contributed by atoms with Gasteiger partial charge in [0, 0.05) is 35.5 Å². The Morgan fingerprint density at radius 3 is 2.54 bits per heavy atom. The molecule has 0 radical (unpaired) electrons. The predicted molar refractivity (Wildman–Crippen MR) is 106 cm³/mol. The van der Waals surface area contributed by atoms with E-state index in [9.17, 15) is 4.79 Å². The number of rotatable bonds is 9. The van der Waals surface area contributed by atoms with Crippen LogP contribution in [0.2, 0.25) is 10.0 Å². The average Bonchev–Trinajstić information content (AvgIpc) is 2.61. The zero-order chi connectivity index (χ0) is 18.9. The summed E-state index contributed by atoms with van der Waals surface area (Å²) < 4.78 is 0. The first-order chi connectivity index (χ1) is 12.5. The van der Waals surface area contributed by atoms with Gasteiger partial charge in [0.25, 0.3) is 5.91 Å². The lowest BCUT2D eigenvalue weighted by molar-refractivity contribution is 0.0953. The van der Waals surface area contributed by atoms with Gasteiger partial charge < -0.3 is 15.5 Å². The van der Waals surface area contributed by atoms with E-state index in [4.69, 9.17) is 23.2 Å².